The molecule has 0 saturated carbocycles. The lowest BCUT2D eigenvalue weighted by Crippen LogP contribution is -2.37. The number of benzene rings is 1. The van der Waals surface area contributed by atoms with Crippen molar-refractivity contribution in [2.75, 3.05) is 11.4 Å². The van der Waals surface area contributed by atoms with Gasteiger partial charge in [0.05, 0.1) is 0 Å². The highest BCUT2D eigenvalue weighted by atomic mass is 79.9. The number of nitrogens with zero attached hydrogens (tertiary/aromatic N) is 1. The molecular formula is C13H17Br2N. The molecule has 1 aromatic rings. The zero-order valence-electron chi connectivity index (χ0n) is 9.55. The first-order chi connectivity index (χ1) is 7.72. The van der Waals surface area contributed by atoms with E-state index in [4.69, 9.17) is 0 Å². The highest BCUT2D eigenvalue weighted by molar-refractivity contribution is 9.10. The van der Waals surface area contributed by atoms with E-state index < -0.39 is 0 Å². The second-order valence-electron chi connectivity index (χ2n) is 4.44. The first kappa shape index (κ1) is 12.4. The Kier molecular flexibility index (Phi) is 4.31. The average molecular weight is 347 g/mol. The third-order valence-corrected chi connectivity index (χ3v) is 4.40. The van der Waals surface area contributed by atoms with Crippen molar-refractivity contribution in [3.05, 3.63) is 28.2 Å². The molecule has 1 nitrogen and oxygen atoms in total. The van der Waals surface area contributed by atoms with Gasteiger partial charge in [0, 0.05) is 28.1 Å². The van der Waals surface area contributed by atoms with E-state index in [0.29, 0.717) is 6.04 Å². The van der Waals surface area contributed by atoms with E-state index in [2.05, 4.69) is 61.9 Å². The zero-order valence-corrected chi connectivity index (χ0v) is 12.7. The summed E-state index contributed by atoms with van der Waals surface area (Å²) in [4.78, 5) is 2.55. The number of rotatable bonds is 2. The van der Waals surface area contributed by atoms with Crippen molar-refractivity contribution < 1.29 is 0 Å². The Morgan fingerprint density at radius 3 is 2.88 bits per heavy atom. The molecule has 1 aromatic carbocycles. The first-order valence-electron chi connectivity index (χ1n) is 5.83. The Hall–Kier alpha value is -0.0200. The molecule has 1 aliphatic heterocycles. The third-order valence-electron chi connectivity index (χ3n) is 3.30. The lowest BCUT2D eigenvalue weighted by atomic mass is 10.0. The van der Waals surface area contributed by atoms with Crippen molar-refractivity contribution in [1.29, 1.82) is 0 Å². The molecular weight excluding hydrogens is 330 g/mol. The zero-order chi connectivity index (χ0) is 11.5. The molecule has 3 heteroatoms. The van der Waals surface area contributed by atoms with Gasteiger partial charge in [-0.1, -0.05) is 31.9 Å². The van der Waals surface area contributed by atoms with E-state index in [1.54, 1.807) is 0 Å². The average Bonchev–Trinajstić information content (AvgIpc) is 2.30. The van der Waals surface area contributed by atoms with E-state index >= 15 is 0 Å². The Labute approximate surface area is 114 Å². The molecule has 0 aromatic heterocycles. The van der Waals surface area contributed by atoms with E-state index in [1.165, 1.54) is 37.1 Å². The number of hydrogen-bond donors (Lipinski definition) is 0. The van der Waals surface area contributed by atoms with Gasteiger partial charge in [0.2, 0.25) is 0 Å². The van der Waals surface area contributed by atoms with Crippen molar-refractivity contribution in [3.8, 4) is 0 Å². The summed E-state index contributed by atoms with van der Waals surface area (Å²) in [5.74, 6) is 0. The van der Waals surface area contributed by atoms with Crippen LogP contribution in [-0.2, 0) is 5.33 Å². The minimum atomic E-state index is 0.674. The number of halogens is 2. The van der Waals surface area contributed by atoms with Crippen molar-refractivity contribution in [2.24, 2.45) is 0 Å². The molecule has 1 atom stereocenters. The van der Waals surface area contributed by atoms with Crippen LogP contribution in [0.25, 0.3) is 0 Å². The van der Waals surface area contributed by atoms with Gasteiger partial charge in [0.15, 0.2) is 0 Å². The number of piperidine rings is 1. The Morgan fingerprint density at radius 1 is 1.38 bits per heavy atom. The molecule has 0 radical (unpaired) electrons. The van der Waals surface area contributed by atoms with Gasteiger partial charge in [-0.05, 0) is 49.9 Å². The Morgan fingerprint density at radius 2 is 2.19 bits per heavy atom. The summed E-state index contributed by atoms with van der Waals surface area (Å²) >= 11 is 7.12. The summed E-state index contributed by atoms with van der Waals surface area (Å²) in [7, 11) is 0. The molecule has 1 fully saturated rings. The molecule has 88 valence electrons. The van der Waals surface area contributed by atoms with Crippen LogP contribution in [0.15, 0.2) is 22.7 Å². The summed E-state index contributed by atoms with van der Waals surface area (Å²) in [6.07, 6.45) is 4.01. The van der Waals surface area contributed by atoms with Gasteiger partial charge >= 0.3 is 0 Å². The van der Waals surface area contributed by atoms with Crippen LogP contribution in [0, 0.1) is 0 Å². The molecule has 1 aliphatic rings. The molecule has 1 heterocycles. The Balaban J connectivity index is 2.30. The molecule has 1 unspecified atom stereocenters. The molecule has 16 heavy (non-hydrogen) atoms. The fraction of sp³-hybridized carbons (Fsp3) is 0.538. The van der Waals surface area contributed by atoms with Crippen LogP contribution in [0.5, 0.6) is 0 Å². The smallest absolute Gasteiger partial charge is 0.0410 e. The van der Waals surface area contributed by atoms with Crippen LogP contribution >= 0.6 is 31.9 Å². The molecule has 0 aliphatic carbocycles. The summed E-state index contributed by atoms with van der Waals surface area (Å²) in [6.45, 7) is 3.53. The van der Waals surface area contributed by atoms with Crippen LogP contribution in [0.2, 0.25) is 0 Å². The fourth-order valence-electron chi connectivity index (χ4n) is 2.40. The molecule has 0 amide bonds. The van der Waals surface area contributed by atoms with Crippen LogP contribution in [0.1, 0.15) is 31.7 Å². The maximum atomic E-state index is 3.58. The van der Waals surface area contributed by atoms with Gasteiger partial charge in [-0.25, -0.2) is 0 Å². The van der Waals surface area contributed by atoms with E-state index in [0.717, 1.165) is 9.80 Å². The van der Waals surface area contributed by atoms with Crippen molar-refractivity contribution in [2.45, 2.75) is 37.6 Å². The molecule has 1 saturated heterocycles. The SMILES string of the molecule is CC1CCCCN1c1ccc(Br)cc1CBr. The van der Waals surface area contributed by atoms with Crippen molar-refractivity contribution in [3.63, 3.8) is 0 Å². The van der Waals surface area contributed by atoms with Crippen LogP contribution in [0.4, 0.5) is 5.69 Å². The van der Waals surface area contributed by atoms with Crippen LogP contribution in [0.3, 0.4) is 0 Å². The van der Waals surface area contributed by atoms with E-state index in [1.807, 2.05) is 0 Å². The summed E-state index contributed by atoms with van der Waals surface area (Å²) in [6, 6.07) is 7.27. The molecule has 0 N–H and O–H groups in total. The summed E-state index contributed by atoms with van der Waals surface area (Å²) < 4.78 is 1.16. The second-order valence-corrected chi connectivity index (χ2v) is 5.92. The first-order valence-corrected chi connectivity index (χ1v) is 7.75. The maximum absolute atomic E-state index is 3.58. The van der Waals surface area contributed by atoms with Crippen LogP contribution in [-0.4, -0.2) is 12.6 Å². The highest BCUT2D eigenvalue weighted by Gasteiger charge is 2.20. The standard InChI is InChI=1S/C13H17Br2N/c1-10-4-2-3-7-16(10)13-6-5-12(15)8-11(13)9-14/h5-6,8,10H,2-4,7,9H2,1H3. The lowest BCUT2D eigenvalue weighted by molar-refractivity contribution is 0.484. The predicted octanol–water partition coefficient (Wildman–Crippen LogP) is 4.72. The van der Waals surface area contributed by atoms with Gasteiger partial charge in [-0.2, -0.15) is 0 Å². The molecule has 0 spiro atoms. The normalized spacial score (nSPS) is 21.2. The topological polar surface area (TPSA) is 3.24 Å². The minimum Gasteiger partial charge on any atom is -0.369 e. The maximum Gasteiger partial charge on any atom is 0.0410 e. The van der Waals surface area contributed by atoms with Gasteiger partial charge in [0.1, 0.15) is 0 Å². The van der Waals surface area contributed by atoms with Crippen molar-refractivity contribution >= 4 is 37.5 Å². The second kappa shape index (κ2) is 5.54. The lowest BCUT2D eigenvalue weighted by Gasteiger charge is -2.36. The molecule has 2 rings (SSSR count). The largest absolute Gasteiger partial charge is 0.369 e. The predicted molar refractivity (Wildman–Crippen MR) is 77.4 cm³/mol. The summed E-state index contributed by atoms with van der Waals surface area (Å²) in [5.41, 5.74) is 2.77. The van der Waals surface area contributed by atoms with Crippen LogP contribution < -0.4 is 4.90 Å². The minimum absolute atomic E-state index is 0.674. The van der Waals surface area contributed by atoms with E-state index in [9.17, 15) is 0 Å². The number of alkyl halides is 1. The fourth-order valence-corrected chi connectivity index (χ4v) is 3.25. The summed E-state index contributed by atoms with van der Waals surface area (Å²) in [5, 5.41) is 0.922. The quantitative estimate of drug-likeness (QED) is 0.700. The van der Waals surface area contributed by atoms with Gasteiger partial charge in [-0.15, -0.1) is 0 Å². The highest BCUT2D eigenvalue weighted by Crippen LogP contribution is 2.31. The van der Waals surface area contributed by atoms with Crippen molar-refractivity contribution in [1.82, 2.24) is 0 Å². The van der Waals surface area contributed by atoms with Gasteiger partial charge < -0.3 is 4.90 Å². The Bertz CT molecular complexity index is 365. The monoisotopic (exact) mass is 345 g/mol. The number of hydrogen-bond acceptors (Lipinski definition) is 1. The molecule has 0 bridgehead atoms. The van der Waals surface area contributed by atoms with Gasteiger partial charge in [-0.3, -0.25) is 0 Å². The number of anilines is 1. The van der Waals surface area contributed by atoms with Gasteiger partial charge in [0.25, 0.3) is 0 Å². The van der Waals surface area contributed by atoms with E-state index in [-0.39, 0.29) is 0 Å². The third kappa shape index (κ3) is 2.62.